The Kier molecular flexibility index (Phi) is 5.54. The molecule has 0 spiro atoms. The second-order valence-electron chi connectivity index (χ2n) is 6.46. The van der Waals surface area contributed by atoms with E-state index in [-0.39, 0.29) is 11.8 Å². The van der Waals surface area contributed by atoms with Gasteiger partial charge in [0.15, 0.2) is 0 Å². The maximum atomic E-state index is 12.5. The fraction of sp³-hybridized carbons (Fsp3) is 0.350. The maximum Gasteiger partial charge on any atom is 0.223 e. The van der Waals surface area contributed by atoms with Gasteiger partial charge in [0, 0.05) is 23.5 Å². The average Bonchev–Trinajstić information content (AvgIpc) is 2.61. The highest BCUT2D eigenvalue weighted by molar-refractivity contribution is 6.30. The summed E-state index contributed by atoms with van der Waals surface area (Å²) in [5.74, 6) is 0.276. The van der Waals surface area contributed by atoms with Gasteiger partial charge in [-0.15, -0.1) is 0 Å². The summed E-state index contributed by atoms with van der Waals surface area (Å²) in [6.07, 6.45) is 1.82. The van der Waals surface area contributed by atoms with Gasteiger partial charge in [0.1, 0.15) is 0 Å². The van der Waals surface area contributed by atoms with Crippen LogP contribution in [0.1, 0.15) is 25.3 Å². The molecule has 2 atom stereocenters. The van der Waals surface area contributed by atoms with Crippen molar-refractivity contribution in [2.75, 3.05) is 6.54 Å². The van der Waals surface area contributed by atoms with E-state index in [1.54, 1.807) is 0 Å². The van der Waals surface area contributed by atoms with E-state index in [0.29, 0.717) is 12.6 Å². The number of carbonyl (C=O) groups is 1. The minimum atomic E-state index is 0.115. The SMILES string of the molecule is C[C@H]1C[C@@H](C(=O)NCc2ccccc2-c2ccc(Cl)cc2)CCN1. The topological polar surface area (TPSA) is 41.1 Å². The zero-order chi connectivity index (χ0) is 16.9. The van der Waals surface area contributed by atoms with E-state index in [0.717, 1.165) is 41.1 Å². The first-order valence-electron chi connectivity index (χ1n) is 8.48. The van der Waals surface area contributed by atoms with Gasteiger partial charge >= 0.3 is 0 Å². The van der Waals surface area contributed by atoms with Crippen LogP contribution in [-0.4, -0.2) is 18.5 Å². The lowest BCUT2D eigenvalue weighted by atomic mass is 9.92. The van der Waals surface area contributed by atoms with Gasteiger partial charge in [0.2, 0.25) is 5.91 Å². The molecule has 4 heteroatoms. The number of halogens is 1. The minimum Gasteiger partial charge on any atom is -0.352 e. The highest BCUT2D eigenvalue weighted by atomic mass is 35.5. The van der Waals surface area contributed by atoms with Gasteiger partial charge in [-0.3, -0.25) is 4.79 Å². The zero-order valence-corrected chi connectivity index (χ0v) is 14.6. The Balaban J connectivity index is 1.69. The summed E-state index contributed by atoms with van der Waals surface area (Å²) in [4.78, 5) is 12.5. The summed E-state index contributed by atoms with van der Waals surface area (Å²) >= 11 is 5.98. The zero-order valence-electron chi connectivity index (χ0n) is 13.9. The summed E-state index contributed by atoms with van der Waals surface area (Å²) in [7, 11) is 0. The van der Waals surface area contributed by atoms with Crippen LogP contribution < -0.4 is 10.6 Å². The van der Waals surface area contributed by atoms with Gasteiger partial charge < -0.3 is 10.6 Å². The van der Waals surface area contributed by atoms with E-state index in [1.165, 1.54) is 0 Å². The van der Waals surface area contributed by atoms with Crippen LogP contribution >= 0.6 is 11.6 Å². The third-order valence-corrected chi connectivity index (χ3v) is 4.87. The molecule has 0 radical (unpaired) electrons. The quantitative estimate of drug-likeness (QED) is 0.881. The van der Waals surface area contributed by atoms with Gasteiger partial charge in [0.05, 0.1) is 0 Å². The first-order valence-corrected chi connectivity index (χ1v) is 8.86. The Labute approximate surface area is 148 Å². The van der Waals surface area contributed by atoms with Crippen molar-refractivity contribution >= 4 is 17.5 Å². The standard InChI is InChI=1S/C20H23ClN2O/c1-14-12-16(10-11-22-14)20(24)23-13-17-4-2-3-5-19(17)15-6-8-18(21)9-7-15/h2-9,14,16,22H,10-13H2,1H3,(H,23,24)/t14-,16-/m0/s1. The van der Waals surface area contributed by atoms with Crippen LogP contribution in [0.15, 0.2) is 48.5 Å². The molecule has 1 saturated heterocycles. The molecular formula is C20H23ClN2O. The molecule has 1 aliphatic rings. The van der Waals surface area contributed by atoms with E-state index in [2.05, 4.69) is 29.7 Å². The number of piperidine rings is 1. The molecule has 0 aliphatic carbocycles. The van der Waals surface area contributed by atoms with E-state index >= 15 is 0 Å². The third kappa shape index (κ3) is 4.16. The van der Waals surface area contributed by atoms with E-state index in [1.807, 2.05) is 36.4 Å². The molecule has 0 saturated carbocycles. The van der Waals surface area contributed by atoms with Gasteiger partial charge in [-0.2, -0.15) is 0 Å². The van der Waals surface area contributed by atoms with Gasteiger partial charge in [0.25, 0.3) is 0 Å². The molecule has 1 heterocycles. The largest absolute Gasteiger partial charge is 0.352 e. The van der Waals surface area contributed by atoms with Crippen molar-refractivity contribution < 1.29 is 4.79 Å². The second kappa shape index (κ2) is 7.82. The Bertz CT molecular complexity index is 699. The number of amides is 1. The molecule has 3 rings (SSSR count). The molecule has 2 aromatic carbocycles. The summed E-state index contributed by atoms with van der Waals surface area (Å²) in [5.41, 5.74) is 3.36. The van der Waals surface area contributed by atoms with Crippen LogP contribution in [0.2, 0.25) is 5.02 Å². The molecule has 2 aromatic rings. The summed E-state index contributed by atoms with van der Waals surface area (Å²) < 4.78 is 0. The number of hydrogen-bond acceptors (Lipinski definition) is 2. The smallest absolute Gasteiger partial charge is 0.223 e. The molecule has 126 valence electrons. The van der Waals surface area contributed by atoms with Crippen molar-refractivity contribution in [1.82, 2.24) is 10.6 Å². The average molecular weight is 343 g/mol. The van der Waals surface area contributed by atoms with E-state index < -0.39 is 0 Å². The molecular weight excluding hydrogens is 320 g/mol. The second-order valence-corrected chi connectivity index (χ2v) is 6.89. The molecule has 0 bridgehead atoms. The molecule has 3 nitrogen and oxygen atoms in total. The summed E-state index contributed by atoms with van der Waals surface area (Å²) in [5, 5.41) is 7.23. The molecule has 1 amide bonds. The summed E-state index contributed by atoms with van der Waals surface area (Å²) in [6.45, 7) is 3.60. The fourth-order valence-electron chi connectivity index (χ4n) is 3.28. The Hall–Kier alpha value is -1.84. The predicted octanol–water partition coefficient (Wildman–Crippen LogP) is 4.01. The van der Waals surface area contributed by atoms with Crippen LogP contribution in [0.25, 0.3) is 11.1 Å². The monoisotopic (exact) mass is 342 g/mol. The van der Waals surface area contributed by atoms with Gasteiger partial charge in [-0.1, -0.05) is 48.0 Å². The lowest BCUT2D eigenvalue weighted by Crippen LogP contribution is -2.42. The van der Waals surface area contributed by atoms with Crippen LogP contribution in [0, 0.1) is 5.92 Å². The molecule has 2 N–H and O–H groups in total. The van der Waals surface area contributed by atoms with Crippen molar-refractivity contribution in [2.24, 2.45) is 5.92 Å². The molecule has 0 aromatic heterocycles. The van der Waals surface area contributed by atoms with Crippen molar-refractivity contribution in [3.05, 3.63) is 59.1 Å². The fourth-order valence-corrected chi connectivity index (χ4v) is 3.41. The van der Waals surface area contributed by atoms with E-state index in [4.69, 9.17) is 11.6 Å². The van der Waals surface area contributed by atoms with Crippen LogP contribution in [-0.2, 0) is 11.3 Å². The lowest BCUT2D eigenvalue weighted by molar-refractivity contribution is -0.126. The number of benzene rings is 2. The Morgan fingerprint density at radius 3 is 2.71 bits per heavy atom. The Morgan fingerprint density at radius 2 is 1.96 bits per heavy atom. The van der Waals surface area contributed by atoms with Crippen LogP contribution in [0.3, 0.4) is 0 Å². The molecule has 1 fully saturated rings. The first kappa shape index (κ1) is 17.0. The number of nitrogens with one attached hydrogen (secondary N) is 2. The van der Waals surface area contributed by atoms with Crippen molar-refractivity contribution in [2.45, 2.75) is 32.4 Å². The molecule has 1 aliphatic heterocycles. The van der Waals surface area contributed by atoms with Crippen molar-refractivity contribution in [1.29, 1.82) is 0 Å². The molecule has 0 unspecified atom stereocenters. The van der Waals surface area contributed by atoms with Gasteiger partial charge in [-0.25, -0.2) is 0 Å². The normalized spacial score (nSPS) is 20.6. The third-order valence-electron chi connectivity index (χ3n) is 4.62. The number of carbonyl (C=O) groups excluding carboxylic acids is 1. The number of rotatable bonds is 4. The predicted molar refractivity (Wildman–Crippen MR) is 98.9 cm³/mol. The van der Waals surface area contributed by atoms with Crippen molar-refractivity contribution in [3.63, 3.8) is 0 Å². The first-order chi connectivity index (χ1) is 11.6. The number of hydrogen-bond donors (Lipinski definition) is 2. The van der Waals surface area contributed by atoms with Crippen LogP contribution in [0.4, 0.5) is 0 Å². The molecule has 24 heavy (non-hydrogen) atoms. The van der Waals surface area contributed by atoms with Crippen molar-refractivity contribution in [3.8, 4) is 11.1 Å². The maximum absolute atomic E-state index is 12.5. The highest BCUT2D eigenvalue weighted by Gasteiger charge is 2.24. The highest BCUT2D eigenvalue weighted by Crippen LogP contribution is 2.25. The lowest BCUT2D eigenvalue weighted by Gasteiger charge is -2.27. The minimum absolute atomic E-state index is 0.115. The summed E-state index contributed by atoms with van der Waals surface area (Å²) in [6, 6.07) is 16.4. The van der Waals surface area contributed by atoms with Crippen LogP contribution in [0.5, 0.6) is 0 Å². The van der Waals surface area contributed by atoms with Gasteiger partial charge in [-0.05, 0) is 55.1 Å². The Morgan fingerprint density at radius 1 is 1.21 bits per heavy atom. The van der Waals surface area contributed by atoms with E-state index in [9.17, 15) is 4.79 Å².